The van der Waals surface area contributed by atoms with Crippen molar-refractivity contribution >= 4 is 0 Å². The second kappa shape index (κ2) is 7.43. The van der Waals surface area contributed by atoms with Crippen LogP contribution < -0.4 is 5.32 Å². The summed E-state index contributed by atoms with van der Waals surface area (Å²) in [5.41, 5.74) is 0.407. The molecule has 0 aliphatic rings. The number of nitrogens with zero attached hydrogens (tertiary/aromatic N) is 1. The number of nitrogens with one attached hydrogen (secondary N) is 1. The van der Waals surface area contributed by atoms with E-state index >= 15 is 0 Å². The molecule has 0 bridgehead atoms. The minimum absolute atomic E-state index is 0.101. The molecule has 0 aliphatic carbocycles. The number of hydrogen-bond acceptors (Lipinski definition) is 6. The van der Waals surface area contributed by atoms with Crippen molar-refractivity contribution in [3.8, 4) is 0 Å². The molecule has 82 valence electrons. The Bertz CT molecular complexity index is 190. The van der Waals surface area contributed by atoms with Gasteiger partial charge in [0.25, 0.3) is 0 Å². The molecule has 0 aliphatic heterocycles. The van der Waals surface area contributed by atoms with Gasteiger partial charge in [-0.2, -0.15) is 4.91 Å². The van der Waals surface area contributed by atoms with Crippen LogP contribution in [0.3, 0.4) is 0 Å². The molecule has 6 heteroatoms. The maximum Gasteiger partial charge on any atom is 0.124 e. The molecular formula is C8H16N2O4. The predicted octanol–water partition coefficient (Wildman–Crippen LogP) is -1.04. The van der Waals surface area contributed by atoms with Gasteiger partial charge in [-0.3, -0.25) is 0 Å². The topological polar surface area (TPSA) is 102 Å². The van der Waals surface area contributed by atoms with E-state index in [0.717, 1.165) is 0 Å². The fourth-order valence-corrected chi connectivity index (χ4v) is 0.950. The molecule has 0 radical (unpaired) electrons. The molecule has 0 aromatic rings. The molecule has 0 fully saturated rings. The van der Waals surface area contributed by atoms with Crippen LogP contribution in [-0.4, -0.2) is 47.7 Å². The second-order valence-corrected chi connectivity index (χ2v) is 2.78. The molecule has 2 atom stereocenters. The molecular weight excluding hydrogens is 188 g/mol. The van der Waals surface area contributed by atoms with Gasteiger partial charge >= 0.3 is 0 Å². The zero-order valence-electron chi connectivity index (χ0n) is 8.05. The molecule has 2 unspecified atom stereocenters. The van der Waals surface area contributed by atoms with E-state index in [0.29, 0.717) is 5.70 Å². The van der Waals surface area contributed by atoms with Gasteiger partial charge < -0.3 is 20.6 Å². The van der Waals surface area contributed by atoms with Crippen molar-refractivity contribution in [3.05, 3.63) is 16.7 Å². The quantitative estimate of drug-likeness (QED) is 0.397. The van der Waals surface area contributed by atoms with E-state index in [9.17, 15) is 10.0 Å². The minimum atomic E-state index is -1.09. The first kappa shape index (κ1) is 13.0. The zero-order chi connectivity index (χ0) is 11.0. The number of aliphatic hydroxyl groups excluding tert-OH is 3. The number of hydrogen-bond donors (Lipinski definition) is 4. The molecule has 0 aromatic carbocycles. The molecule has 0 heterocycles. The first-order chi connectivity index (χ1) is 6.69. The summed E-state index contributed by atoms with van der Waals surface area (Å²) in [6, 6.07) is -0.880. The van der Waals surface area contributed by atoms with Crippen molar-refractivity contribution in [1.29, 1.82) is 0 Å². The highest BCUT2D eigenvalue weighted by atomic mass is 16.3. The van der Waals surface area contributed by atoms with Gasteiger partial charge in [0.05, 0.1) is 12.7 Å². The SMILES string of the molecule is CNC(=CC(O)C(CCO)N=O)CO. The summed E-state index contributed by atoms with van der Waals surface area (Å²) in [4.78, 5) is 10.3. The molecule has 0 aromatic heterocycles. The predicted molar refractivity (Wildman–Crippen MR) is 51.5 cm³/mol. The maximum atomic E-state index is 10.3. The highest BCUT2D eigenvalue weighted by molar-refractivity contribution is 5.05. The van der Waals surface area contributed by atoms with Gasteiger partial charge in [-0.15, -0.1) is 0 Å². The van der Waals surface area contributed by atoms with Crippen LogP contribution in [0.1, 0.15) is 6.42 Å². The molecule has 0 amide bonds. The highest BCUT2D eigenvalue weighted by Crippen LogP contribution is 2.06. The lowest BCUT2D eigenvalue weighted by Crippen LogP contribution is -2.25. The highest BCUT2D eigenvalue weighted by Gasteiger charge is 2.17. The van der Waals surface area contributed by atoms with E-state index in [1.54, 1.807) is 7.05 Å². The van der Waals surface area contributed by atoms with E-state index in [1.807, 2.05) is 0 Å². The summed E-state index contributed by atoms with van der Waals surface area (Å²) in [6.07, 6.45) is 0.319. The van der Waals surface area contributed by atoms with E-state index in [4.69, 9.17) is 10.2 Å². The first-order valence-corrected chi connectivity index (χ1v) is 4.30. The summed E-state index contributed by atoms with van der Waals surface area (Å²) < 4.78 is 0. The number of likely N-dealkylation sites (N-methyl/N-ethyl adjacent to an activating group) is 1. The minimum Gasteiger partial charge on any atom is -0.396 e. The monoisotopic (exact) mass is 204 g/mol. The van der Waals surface area contributed by atoms with Crippen LogP contribution in [0.2, 0.25) is 0 Å². The Morgan fingerprint density at radius 3 is 2.57 bits per heavy atom. The molecule has 14 heavy (non-hydrogen) atoms. The lowest BCUT2D eigenvalue weighted by molar-refractivity contribution is 0.165. The van der Waals surface area contributed by atoms with Gasteiger partial charge in [0, 0.05) is 19.4 Å². The molecule has 0 saturated carbocycles. The zero-order valence-corrected chi connectivity index (χ0v) is 8.05. The largest absolute Gasteiger partial charge is 0.396 e. The Morgan fingerprint density at radius 2 is 2.21 bits per heavy atom. The van der Waals surface area contributed by atoms with Crippen molar-refractivity contribution in [2.75, 3.05) is 20.3 Å². The van der Waals surface area contributed by atoms with Gasteiger partial charge in [0.1, 0.15) is 6.04 Å². The lowest BCUT2D eigenvalue weighted by atomic mass is 10.1. The summed E-state index contributed by atoms with van der Waals surface area (Å²) in [7, 11) is 1.59. The average molecular weight is 204 g/mol. The first-order valence-electron chi connectivity index (χ1n) is 4.30. The van der Waals surface area contributed by atoms with Crippen LogP contribution in [0.15, 0.2) is 16.9 Å². The Kier molecular flexibility index (Phi) is 6.91. The van der Waals surface area contributed by atoms with Crippen LogP contribution in [-0.2, 0) is 0 Å². The van der Waals surface area contributed by atoms with Crippen molar-refractivity contribution in [2.45, 2.75) is 18.6 Å². The second-order valence-electron chi connectivity index (χ2n) is 2.78. The summed E-state index contributed by atoms with van der Waals surface area (Å²) in [6.45, 7) is -0.465. The third-order valence-corrected chi connectivity index (χ3v) is 1.82. The van der Waals surface area contributed by atoms with Crippen LogP contribution in [0.4, 0.5) is 0 Å². The smallest absolute Gasteiger partial charge is 0.124 e. The van der Waals surface area contributed by atoms with Crippen LogP contribution >= 0.6 is 0 Å². The van der Waals surface area contributed by atoms with Crippen LogP contribution in [0.25, 0.3) is 0 Å². The van der Waals surface area contributed by atoms with Crippen molar-refractivity contribution in [2.24, 2.45) is 5.18 Å². The van der Waals surface area contributed by atoms with Gasteiger partial charge in [-0.1, -0.05) is 5.18 Å². The fourth-order valence-electron chi connectivity index (χ4n) is 0.950. The molecule has 0 rings (SSSR count). The third-order valence-electron chi connectivity index (χ3n) is 1.82. The lowest BCUT2D eigenvalue weighted by Gasteiger charge is -2.13. The van der Waals surface area contributed by atoms with E-state index in [1.165, 1.54) is 6.08 Å². The molecule has 0 saturated heterocycles. The van der Waals surface area contributed by atoms with Crippen molar-refractivity contribution in [1.82, 2.24) is 5.32 Å². The number of aliphatic hydroxyl groups is 3. The van der Waals surface area contributed by atoms with Crippen molar-refractivity contribution < 1.29 is 15.3 Å². The summed E-state index contributed by atoms with van der Waals surface area (Å²) in [5.74, 6) is 0. The Hall–Kier alpha value is -0.980. The fraction of sp³-hybridized carbons (Fsp3) is 0.750. The van der Waals surface area contributed by atoms with Gasteiger partial charge in [0.2, 0.25) is 0 Å². The molecule has 4 N–H and O–H groups in total. The Labute approximate surface area is 82.2 Å². The summed E-state index contributed by atoms with van der Waals surface area (Å²) in [5, 5.41) is 32.1. The third kappa shape index (κ3) is 4.31. The maximum absolute atomic E-state index is 10.3. The van der Waals surface area contributed by atoms with Crippen LogP contribution in [0, 0.1) is 4.91 Å². The summed E-state index contributed by atoms with van der Waals surface area (Å²) >= 11 is 0. The van der Waals surface area contributed by atoms with E-state index in [2.05, 4.69) is 10.5 Å². The van der Waals surface area contributed by atoms with E-state index < -0.39 is 12.1 Å². The standard InChI is InChI=1S/C8H16N2O4/c1-9-6(5-12)4-8(13)7(10-14)2-3-11/h4,7-9,11-13H,2-3,5H2,1H3. The number of nitroso groups, excluding NO2 is 1. The van der Waals surface area contributed by atoms with E-state index in [-0.39, 0.29) is 19.6 Å². The van der Waals surface area contributed by atoms with Gasteiger partial charge in [-0.25, -0.2) is 0 Å². The van der Waals surface area contributed by atoms with Gasteiger partial charge in [0.15, 0.2) is 0 Å². The van der Waals surface area contributed by atoms with Gasteiger partial charge in [-0.05, 0) is 12.5 Å². The molecule has 6 nitrogen and oxygen atoms in total. The normalized spacial score (nSPS) is 16.1. The Balaban J connectivity index is 4.33. The average Bonchev–Trinajstić information content (AvgIpc) is 2.22. The number of rotatable bonds is 7. The molecule has 0 spiro atoms. The van der Waals surface area contributed by atoms with Crippen LogP contribution in [0.5, 0.6) is 0 Å². The Morgan fingerprint density at radius 1 is 1.57 bits per heavy atom. The van der Waals surface area contributed by atoms with Crippen molar-refractivity contribution in [3.63, 3.8) is 0 Å².